The molecular formula is C87H63N12+3. The van der Waals surface area contributed by atoms with Gasteiger partial charge >= 0.3 is 0 Å². The Hall–Kier alpha value is -13.3. The SMILES string of the molecule is c1ccc(-c2cc(-c3cc[n+](Cc4ccc(-c5cc(-c6ccc(C[n+]7ccc(-c8cc(-c9ccccn9)nc(-c9ccccn9)c8)cc7)cc6)cc(-c6ccc(C[n+]7ccc(-c8cc(-c9ccccn9)nc(-c9ccccn9)c8)cc7)cc6)c5)cc4)cc3)cc(-c3ccccn3)n2)nc1. The predicted octanol–water partition coefficient (Wildman–Crippen LogP) is 17.3. The van der Waals surface area contributed by atoms with Crippen LogP contribution in [0.15, 0.2) is 347 Å². The fourth-order valence-corrected chi connectivity index (χ4v) is 12.4. The standard InChI is InChI=1S/C87H63N12/c1-7-37-88-76(13-1)82-52-73(53-83(94-82)77-14-2-8-38-89-77)67-31-43-97(44-32-67)58-61-19-25-64(26-20-61)70-49-71(65-27-21-62(22-28-65)59-98-45-33-68(34-46-98)74-54-84(78-15-3-9-39-90-78)95-85(55-74)79-16-4-10-40-91-79)51-72(50-70)66-29-23-63(24-30-66)60-99-47-35-69(36-48-99)75-56-86(80-17-5-11-41-92-80)96-87(57-75)81-18-6-12-42-93-81/h1-57H,58-60H2/q+3. The van der Waals surface area contributed by atoms with Crippen molar-refractivity contribution in [1.82, 2.24) is 44.9 Å². The first-order chi connectivity index (χ1) is 48.9. The van der Waals surface area contributed by atoms with Crippen LogP contribution in [0.25, 0.3) is 135 Å². The lowest BCUT2D eigenvalue weighted by Gasteiger charge is -2.12. The van der Waals surface area contributed by atoms with E-state index in [4.69, 9.17) is 15.0 Å². The van der Waals surface area contributed by atoms with Gasteiger partial charge in [0, 0.05) is 90.3 Å². The molecule has 0 saturated carbocycles. The van der Waals surface area contributed by atoms with Crippen molar-refractivity contribution < 1.29 is 13.7 Å². The summed E-state index contributed by atoms with van der Waals surface area (Å²) in [7, 11) is 0. The highest BCUT2D eigenvalue weighted by molar-refractivity contribution is 5.82. The summed E-state index contributed by atoms with van der Waals surface area (Å²) in [4.78, 5) is 42.7. The number of benzene rings is 4. The summed E-state index contributed by atoms with van der Waals surface area (Å²) in [6.07, 6.45) is 23.7. The fraction of sp³-hybridized carbons (Fsp3) is 0.0345. The normalized spacial score (nSPS) is 11.2. The molecule has 16 rings (SSSR count). The van der Waals surface area contributed by atoms with Gasteiger partial charge in [-0.25, -0.2) is 28.7 Å². The molecule has 0 N–H and O–H groups in total. The monoisotopic (exact) mass is 1280 g/mol. The molecule has 468 valence electrons. The van der Waals surface area contributed by atoms with E-state index in [0.29, 0.717) is 19.6 Å². The third-order valence-electron chi connectivity index (χ3n) is 17.6. The molecule has 0 bridgehead atoms. The van der Waals surface area contributed by atoms with Crippen LogP contribution in [-0.2, 0) is 19.6 Å². The summed E-state index contributed by atoms with van der Waals surface area (Å²) in [5, 5.41) is 0. The molecule has 99 heavy (non-hydrogen) atoms. The Labute approximate surface area is 574 Å². The molecule has 4 aromatic carbocycles. The molecule has 12 nitrogen and oxygen atoms in total. The molecule has 0 spiro atoms. The van der Waals surface area contributed by atoms with Crippen molar-refractivity contribution in [3.63, 3.8) is 0 Å². The van der Waals surface area contributed by atoms with Gasteiger partial charge in [-0.2, -0.15) is 0 Å². The van der Waals surface area contributed by atoms with Crippen molar-refractivity contribution in [2.45, 2.75) is 19.6 Å². The van der Waals surface area contributed by atoms with E-state index in [1.54, 1.807) is 37.2 Å². The second-order valence-corrected chi connectivity index (χ2v) is 24.3. The van der Waals surface area contributed by atoms with E-state index in [1.807, 2.05) is 109 Å². The predicted molar refractivity (Wildman–Crippen MR) is 389 cm³/mol. The highest BCUT2D eigenvalue weighted by Gasteiger charge is 2.18. The van der Waals surface area contributed by atoms with Crippen molar-refractivity contribution in [3.8, 4) is 135 Å². The van der Waals surface area contributed by atoms with Crippen molar-refractivity contribution in [1.29, 1.82) is 0 Å². The zero-order valence-electron chi connectivity index (χ0n) is 53.9. The molecule has 12 heterocycles. The number of nitrogens with zero attached hydrogens (tertiary/aromatic N) is 12. The maximum absolute atomic E-state index is 4.98. The minimum absolute atomic E-state index is 0.710. The summed E-state index contributed by atoms with van der Waals surface area (Å²) >= 11 is 0. The molecule has 0 aliphatic heterocycles. The number of hydrogen-bond donors (Lipinski definition) is 0. The topological polar surface area (TPSA) is 128 Å². The average Bonchev–Trinajstić information content (AvgIpc) is 2.23. The van der Waals surface area contributed by atoms with Crippen LogP contribution in [0.3, 0.4) is 0 Å². The summed E-state index contributed by atoms with van der Waals surface area (Å²) in [5.74, 6) is 0. The molecule has 0 amide bonds. The molecule has 0 fully saturated rings. The number of pyridine rings is 12. The van der Waals surface area contributed by atoms with Gasteiger partial charge < -0.3 is 0 Å². The molecule has 0 saturated heterocycles. The van der Waals surface area contributed by atoms with Crippen LogP contribution < -0.4 is 13.7 Å². The molecule has 0 atom stereocenters. The van der Waals surface area contributed by atoms with E-state index in [0.717, 1.165) is 135 Å². The van der Waals surface area contributed by atoms with Gasteiger partial charge in [0.1, 0.15) is 0 Å². The lowest BCUT2D eigenvalue weighted by Crippen LogP contribution is -2.32. The van der Waals surface area contributed by atoms with Crippen LogP contribution in [0.1, 0.15) is 16.7 Å². The molecule has 12 aromatic heterocycles. The molecule has 0 radical (unpaired) electrons. The highest BCUT2D eigenvalue weighted by atomic mass is 14.9. The van der Waals surface area contributed by atoms with Crippen LogP contribution >= 0.6 is 0 Å². The van der Waals surface area contributed by atoms with Gasteiger partial charge in [0.25, 0.3) is 0 Å². The van der Waals surface area contributed by atoms with Crippen molar-refractivity contribution in [2.75, 3.05) is 0 Å². The van der Waals surface area contributed by atoms with Crippen molar-refractivity contribution in [2.24, 2.45) is 0 Å². The van der Waals surface area contributed by atoms with Gasteiger partial charge in [0.15, 0.2) is 56.8 Å². The smallest absolute Gasteiger partial charge is 0.173 e. The molecule has 0 aliphatic carbocycles. The summed E-state index contributed by atoms with van der Waals surface area (Å²) in [5.41, 5.74) is 26.5. The van der Waals surface area contributed by atoms with Gasteiger partial charge in [-0.3, -0.25) is 29.9 Å². The Morgan fingerprint density at radius 3 is 0.556 bits per heavy atom. The Kier molecular flexibility index (Phi) is 17.1. The Morgan fingerprint density at radius 1 is 0.172 bits per heavy atom. The molecule has 0 unspecified atom stereocenters. The zero-order valence-corrected chi connectivity index (χ0v) is 53.9. The van der Waals surface area contributed by atoms with Gasteiger partial charge in [-0.1, -0.05) is 109 Å². The number of rotatable bonds is 18. The van der Waals surface area contributed by atoms with E-state index >= 15 is 0 Å². The van der Waals surface area contributed by atoms with Gasteiger partial charge in [0.05, 0.1) is 68.3 Å². The minimum Gasteiger partial charge on any atom is -0.255 e. The molecular weight excluding hydrogens is 1210 g/mol. The van der Waals surface area contributed by atoms with Crippen molar-refractivity contribution in [3.05, 3.63) is 364 Å². The zero-order chi connectivity index (χ0) is 66.1. The lowest BCUT2D eigenvalue weighted by atomic mass is 9.92. The van der Waals surface area contributed by atoms with E-state index in [1.165, 1.54) is 16.7 Å². The number of hydrogen-bond acceptors (Lipinski definition) is 9. The third kappa shape index (κ3) is 14.1. The number of aromatic nitrogens is 12. The second-order valence-electron chi connectivity index (χ2n) is 24.3. The van der Waals surface area contributed by atoms with Crippen molar-refractivity contribution >= 4 is 0 Å². The first-order valence-corrected chi connectivity index (χ1v) is 32.9. The maximum Gasteiger partial charge on any atom is 0.173 e. The van der Waals surface area contributed by atoms with E-state index < -0.39 is 0 Å². The molecule has 16 aromatic rings. The fourth-order valence-electron chi connectivity index (χ4n) is 12.4. The van der Waals surface area contributed by atoms with E-state index in [9.17, 15) is 0 Å². The van der Waals surface area contributed by atoms with Gasteiger partial charge in [0.2, 0.25) is 0 Å². The summed E-state index contributed by atoms with van der Waals surface area (Å²) < 4.78 is 6.65. The Balaban J connectivity index is 0.661. The van der Waals surface area contributed by atoms with Crippen LogP contribution in [0, 0.1) is 0 Å². The van der Waals surface area contributed by atoms with E-state index in [-0.39, 0.29) is 0 Å². The van der Waals surface area contributed by atoms with Crippen LogP contribution in [0.4, 0.5) is 0 Å². The quantitative estimate of drug-likeness (QED) is 0.0772. The van der Waals surface area contributed by atoms with Crippen LogP contribution in [0.2, 0.25) is 0 Å². The first kappa shape index (κ1) is 60.6. The molecule has 0 aliphatic rings. The second kappa shape index (κ2) is 27.9. The maximum atomic E-state index is 4.98. The first-order valence-electron chi connectivity index (χ1n) is 32.9. The highest BCUT2D eigenvalue weighted by Crippen LogP contribution is 2.36. The van der Waals surface area contributed by atoms with Gasteiger partial charge in [-0.15, -0.1) is 0 Å². The van der Waals surface area contributed by atoms with Crippen LogP contribution in [-0.4, -0.2) is 44.9 Å². The third-order valence-corrected chi connectivity index (χ3v) is 17.6. The minimum atomic E-state index is 0.710. The Morgan fingerprint density at radius 2 is 0.364 bits per heavy atom. The lowest BCUT2D eigenvalue weighted by molar-refractivity contribution is -0.688. The summed E-state index contributed by atoms with van der Waals surface area (Å²) in [6.45, 7) is 2.13. The molecule has 12 heteroatoms. The largest absolute Gasteiger partial charge is 0.255 e. The average molecular weight is 1280 g/mol. The summed E-state index contributed by atoms with van der Waals surface area (Å²) in [6, 6.07) is 94.9. The van der Waals surface area contributed by atoms with Crippen LogP contribution in [0.5, 0.6) is 0 Å². The Bertz CT molecular complexity index is 4700. The van der Waals surface area contributed by atoms with Gasteiger partial charge in [-0.05, 0) is 194 Å². The van der Waals surface area contributed by atoms with E-state index in [2.05, 4.69) is 245 Å².